The number of aromatic nitrogens is 1. The minimum atomic E-state index is -0.135. The molecule has 2 heterocycles. The first kappa shape index (κ1) is 18.7. The van der Waals surface area contributed by atoms with Crippen molar-refractivity contribution in [2.75, 3.05) is 17.2 Å². The standard InChI is InChI=1S/C23H21N3O3/c27-22(25-19-4-2-12-24-14-19)5-1-3-16-6-8-17(9-7-16)18-10-11-20-21(13-18)29-15-23(28)26-20/h2,4,6-14H,1,3,5,15H2,(H,25,27)(H,26,28). The summed E-state index contributed by atoms with van der Waals surface area (Å²) in [5, 5.41) is 5.64. The van der Waals surface area contributed by atoms with E-state index in [2.05, 4.69) is 39.9 Å². The molecule has 29 heavy (non-hydrogen) atoms. The number of ether oxygens (including phenoxy) is 1. The first-order chi connectivity index (χ1) is 14.2. The molecule has 0 bridgehead atoms. The monoisotopic (exact) mass is 387 g/mol. The largest absolute Gasteiger partial charge is 0.482 e. The lowest BCUT2D eigenvalue weighted by Crippen LogP contribution is -2.25. The predicted octanol–water partition coefficient (Wildman–Crippen LogP) is 4.04. The van der Waals surface area contributed by atoms with Crippen LogP contribution in [0.15, 0.2) is 67.0 Å². The van der Waals surface area contributed by atoms with Crippen LogP contribution in [0.25, 0.3) is 11.1 Å². The highest BCUT2D eigenvalue weighted by Gasteiger charge is 2.16. The van der Waals surface area contributed by atoms with Crippen LogP contribution in [-0.2, 0) is 16.0 Å². The second-order valence-corrected chi connectivity index (χ2v) is 6.89. The highest BCUT2D eigenvalue weighted by Crippen LogP contribution is 2.32. The summed E-state index contributed by atoms with van der Waals surface area (Å²) in [6, 6.07) is 17.7. The number of hydrogen-bond donors (Lipinski definition) is 2. The van der Waals surface area contributed by atoms with Gasteiger partial charge >= 0.3 is 0 Å². The first-order valence-corrected chi connectivity index (χ1v) is 9.53. The molecule has 1 aliphatic rings. The van der Waals surface area contributed by atoms with E-state index in [1.54, 1.807) is 18.5 Å². The van der Waals surface area contributed by atoms with Gasteiger partial charge < -0.3 is 15.4 Å². The van der Waals surface area contributed by atoms with E-state index in [1.165, 1.54) is 5.56 Å². The van der Waals surface area contributed by atoms with Crippen molar-refractivity contribution in [3.63, 3.8) is 0 Å². The number of amides is 2. The third-order valence-corrected chi connectivity index (χ3v) is 4.72. The zero-order chi connectivity index (χ0) is 20.1. The zero-order valence-corrected chi connectivity index (χ0v) is 15.9. The molecular weight excluding hydrogens is 366 g/mol. The Morgan fingerprint density at radius 1 is 1.10 bits per heavy atom. The molecule has 4 rings (SSSR count). The van der Waals surface area contributed by atoms with Gasteiger partial charge in [0.1, 0.15) is 5.75 Å². The van der Waals surface area contributed by atoms with Crippen LogP contribution in [-0.4, -0.2) is 23.4 Å². The maximum absolute atomic E-state index is 12.0. The number of benzene rings is 2. The Labute approximate surface area is 168 Å². The average molecular weight is 387 g/mol. The van der Waals surface area contributed by atoms with Crippen molar-refractivity contribution in [2.45, 2.75) is 19.3 Å². The number of carbonyl (C=O) groups excluding carboxylic acids is 2. The lowest BCUT2D eigenvalue weighted by atomic mass is 10.0. The number of anilines is 2. The molecule has 0 saturated heterocycles. The fourth-order valence-corrected chi connectivity index (χ4v) is 3.23. The Bertz CT molecular complexity index is 1020. The number of carbonyl (C=O) groups is 2. The van der Waals surface area contributed by atoms with Gasteiger partial charge in [-0.2, -0.15) is 0 Å². The molecule has 2 aromatic carbocycles. The fraction of sp³-hybridized carbons (Fsp3) is 0.174. The van der Waals surface area contributed by atoms with E-state index in [-0.39, 0.29) is 18.4 Å². The Kier molecular flexibility index (Phi) is 5.52. The van der Waals surface area contributed by atoms with E-state index in [1.807, 2.05) is 24.3 Å². The summed E-state index contributed by atoms with van der Waals surface area (Å²) in [7, 11) is 0. The zero-order valence-electron chi connectivity index (χ0n) is 15.9. The van der Waals surface area contributed by atoms with E-state index in [4.69, 9.17) is 4.74 Å². The van der Waals surface area contributed by atoms with Gasteiger partial charge in [-0.05, 0) is 53.8 Å². The van der Waals surface area contributed by atoms with Gasteiger partial charge in [0.2, 0.25) is 5.91 Å². The molecule has 0 aliphatic carbocycles. The van der Waals surface area contributed by atoms with Crippen LogP contribution in [0.1, 0.15) is 18.4 Å². The van der Waals surface area contributed by atoms with E-state index in [9.17, 15) is 9.59 Å². The molecule has 2 amide bonds. The van der Waals surface area contributed by atoms with Crippen molar-refractivity contribution >= 4 is 23.2 Å². The lowest BCUT2D eigenvalue weighted by Gasteiger charge is -2.18. The molecule has 6 nitrogen and oxygen atoms in total. The molecule has 0 spiro atoms. The number of aryl methyl sites for hydroxylation is 1. The summed E-state index contributed by atoms with van der Waals surface area (Å²) in [5.74, 6) is 0.547. The molecule has 0 saturated carbocycles. The van der Waals surface area contributed by atoms with Gasteiger partial charge in [-0.15, -0.1) is 0 Å². The van der Waals surface area contributed by atoms with Gasteiger partial charge in [-0.3, -0.25) is 14.6 Å². The number of fused-ring (bicyclic) bond motifs is 1. The second-order valence-electron chi connectivity index (χ2n) is 6.89. The molecule has 0 atom stereocenters. The van der Waals surface area contributed by atoms with Crippen molar-refractivity contribution < 1.29 is 14.3 Å². The summed E-state index contributed by atoms with van der Waals surface area (Å²) < 4.78 is 5.49. The molecule has 1 aromatic heterocycles. The maximum atomic E-state index is 12.0. The highest BCUT2D eigenvalue weighted by molar-refractivity contribution is 5.96. The number of pyridine rings is 1. The van der Waals surface area contributed by atoms with E-state index >= 15 is 0 Å². The van der Waals surface area contributed by atoms with Crippen LogP contribution in [0.3, 0.4) is 0 Å². The molecule has 0 radical (unpaired) electrons. The number of rotatable bonds is 6. The van der Waals surface area contributed by atoms with Gasteiger partial charge in [0.05, 0.1) is 17.6 Å². The Morgan fingerprint density at radius 3 is 2.72 bits per heavy atom. The van der Waals surface area contributed by atoms with Crippen molar-refractivity contribution in [1.82, 2.24) is 4.98 Å². The lowest BCUT2D eigenvalue weighted by molar-refractivity contribution is -0.118. The Balaban J connectivity index is 1.31. The molecule has 1 aliphatic heterocycles. The van der Waals surface area contributed by atoms with Gasteiger partial charge in [-0.1, -0.05) is 30.3 Å². The minimum Gasteiger partial charge on any atom is -0.482 e. The maximum Gasteiger partial charge on any atom is 0.262 e. The minimum absolute atomic E-state index is 0.00392. The topological polar surface area (TPSA) is 80.3 Å². The molecule has 0 unspecified atom stereocenters. The third-order valence-electron chi connectivity index (χ3n) is 4.72. The summed E-state index contributed by atoms with van der Waals surface area (Å²) >= 11 is 0. The smallest absolute Gasteiger partial charge is 0.262 e. The summed E-state index contributed by atoms with van der Waals surface area (Å²) in [5.41, 5.74) is 4.71. The first-order valence-electron chi connectivity index (χ1n) is 9.53. The van der Waals surface area contributed by atoms with Crippen molar-refractivity contribution in [1.29, 1.82) is 0 Å². The van der Waals surface area contributed by atoms with Crippen LogP contribution >= 0.6 is 0 Å². The quantitative estimate of drug-likeness (QED) is 0.669. The van der Waals surface area contributed by atoms with Crippen LogP contribution in [0.5, 0.6) is 5.75 Å². The predicted molar refractivity (Wildman–Crippen MR) is 112 cm³/mol. The number of nitrogens with zero attached hydrogens (tertiary/aromatic N) is 1. The third kappa shape index (κ3) is 4.79. The molecule has 0 fully saturated rings. The molecule has 6 heteroatoms. The molecule has 146 valence electrons. The Morgan fingerprint density at radius 2 is 1.93 bits per heavy atom. The Hall–Kier alpha value is -3.67. The van der Waals surface area contributed by atoms with Crippen LogP contribution in [0, 0.1) is 0 Å². The fourth-order valence-electron chi connectivity index (χ4n) is 3.23. The average Bonchev–Trinajstić information content (AvgIpc) is 2.74. The van der Waals surface area contributed by atoms with Gasteiger partial charge in [0.15, 0.2) is 6.61 Å². The van der Waals surface area contributed by atoms with Gasteiger partial charge in [0, 0.05) is 12.6 Å². The normalized spacial score (nSPS) is 12.5. The van der Waals surface area contributed by atoms with Crippen LogP contribution in [0.2, 0.25) is 0 Å². The van der Waals surface area contributed by atoms with Crippen molar-refractivity contribution in [3.05, 3.63) is 72.6 Å². The van der Waals surface area contributed by atoms with Gasteiger partial charge in [-0.25, -0.2) is 0 Å². The molecule has 3 aromatic rings. The van der Waals surface area contributed by atoms with Crippen LogP contribution in [0.4, 0.5) is 11.4 Å². The molecular formula is C23H21N3O3. The SMILES string of the molecule is O=C(CCCc1ccc(-c2ccc3c(c2)OCC(=O)N3)cc1)Nc1cccnc1. The second kappa shape index (κ2) is 8.56. The van der Waals surface area contributed by atoms with Gasteiger partial charge in [0.25, 0.3) is 5.91 Å². The van der Waals surface area contributed by atoms with E-state index in [0.29, 0.717) is 17.9 Å². The summed E-state index contributed by atoms with van der Waals surface area (Å²) in [4.78, 5) is 27.4. The highest BCUT2D eigenvalue weighted by atomic mass is 16.5. The summed E-state index contributed by atoms with van der Waals surface area (Å²) in [6.07, 6.45) is 5.38. The van der Waals surface area contributed by atoms with E-state index < -0.39 is 0 Å². The van der Waals surface area contributed by atoms with E-state index in [0.717, 1.165) is 29.7 Å². The number of hydrogen-bond acceptors (Lipinski definition) is 4. The number of nitrogens with one attached hydrogen (secondary N) is 2. The van der Waals surface area contributed by atoms with Crippen molar-refractivity contribution in [3.8, 4) is 16.9 Å². The molecule has 2 N–H and O–H groups in total. The van der Waals surface area contributed by atoms with Crippen LogP contribution < -0.4 is 15.4 Å². The summed E-state index contributed by atoms with van der Waals surface area (Å²) in [6.45, 7) is 0.0454. The van der Waals surface area contributed by atoms with Crippen molar-refractivity contribution in [2.24, 2.45) is 0 Å².